The molecule has 3 aromatic rings. The fraction of sp³-hybridized carbons (Fsp3) is 0.286. The van der Waals surface area contributed by atoms with Gasteiger partial charge in [-0.3, -0.25) is 9.59 Å². The van der Waals surface area contributed by atoms with E-state index in [4.69, 9.17) is 23.2 Å². The van der Waals surface area contributed by atoms with E-state index in [2.05, 4.69) is 5.32 Å². The standard InChI is InChI=1S/C28H29Cl2FN2O2/c1-28(2,3)32-27(35)25(15-19-7-5-4-6-8-19)33(18-21-11-12-22(29)17-24(21)30)26(34)16-20-9-13-23(31)14-10-20/h4-14,17,25H,15-16,18H2,1-3H3,(H,32,35)/t25-/m0/s1. The molecule has 0 saturated heterocycles. The van der Waals surface area contributed by atoms with Crippen LogP contribution in [0.5, 0.6) is 0 Å². The molecule has 0 unspecified atom stereocenters. The number of carbonyl (C=O) groups is 2. The Hall–Kier alpha value is -2.89. The van der Waals surface area contributed by atoms with Gasteiger partial charge in [0.15, 0.2) is 0 Å². The minimum absolute atomic E-state index is 0.0135. The molecule has 0 heterocycles. The number of carbonyl (C=O) groups excluding carboxylic acids is 2. The van der Waals surface area contributed by atoms with Gasteiger partial charge < -0.3 is 10.2 Å². The van der Waals surface area contributed by atoms with Crippen LogP contribution in [0.2, 0.25) is 10.0 Å². The van der Waals surface area contributed by atoms with E-state index in [-0.39, 0.29) is 30.6 Å². The lowest BCUT2D eigenvalue weighted by Gasteiger charge is -2.34. The molecule has 0 saturated carbocycles. The molecule has 0 bridgehead atoms. The Balaban J connectivity index is 2.01. The van der Waals surface area contributed by atoms with Gasteiger partial charge in [0.1, 0.15) is 11.9 Å². The molecule has 3 aromatic carbocycles. The molecule has 0 aliphatic rings. The van der Waals surface area contributed by atoms with Crippen LogP contribution >= 0.6 is 23.2 Å². The van der Waals surface area contributed by atoms with E-state index in [1.165, 1.54) is 12.1 Å². The second-order valence-corrected chi connectivity index (χ2v) is 10.3. The van der Waals surface area contributed by atoms with Crippen LogP contribution in [0.4, 0.5) is 4.39 Å². The fourth-order valence-corrected chi connectivity index (χ4v) is 4.19. The molecule has 4 nitrogen and oxygen atoms in total. The molecule has 35 heavy (non-hydrogen) atoms. The molecule has 2 amide bonds. The first kappa shape index (κ1) is 26.7. The summed E-state index contributed by atoms with van der Waals surface area (Å²) in [6, 6.07) is 19.6. The minimum atomic E-state index is -0.795. The largest absolute Gasteiger partial charge is 0.350 e. The van der Waals surface area contributed by atoms with Gasteiger partial charge in [-0.25, -0.2) is 4.39 Å². The number of halogens is 3. The van der Waals surface area contributed by atoms with E-state index in [1.54, 1.807) is 35.2 Å². The van der Waals surface area contributed by atoms with Crippen LogP contribution in [-0.4, -0.2) is 28.3 Å². The number of nitrogens with zero attached hydrogens (tertiary/aromatic N) is 1. The summed E-state index contributed by atoms with van der Waals surface area (Å²) in [5.41, 5.74) is 1.75. The Kier molecular flexibility index (Phi) is 8.92. The highest BCUT2D eigenvalue weighted by molar-refractivity contribution is 6.35. The van der Waals surface area contributed by atoms with Crippen molar-refractivity contribution in [3.8, 4) is 0 Å². The van der Waals surface area contributed by atoms with E-state index in [0.29, 0.717) is 27.6 Å². The summed E-state index contributed by atoms with van der Waals surface area (Å²) >= 11 is 12.5. The predicted octanol–water partition coefficient (Wildman–Crippen LogP) is 6.23. The van der Waals surface area contributed by atoms with Gasteiger partial charge in [-0.15, -0.1) is 0 Å². The molecule has 0 aliphatic carbocycles. The molecule has 3 rings (SSSR count). The smallest absolute Gasteiger partial charge is 0.243 e. The maximum Gasteiger partial charge on any atom is 0.243 e. The van der Waals surface area contributed by atoms with Crippen LogP contribution < -0.4 is 5.32 Å². The van der Waals surface area contributed by atoms with Gasteiger partial charge in [0.2, 0.25) is 11.8 Å². The first-order valence-electron chi connectivity index (χ1n) is 11.4. The molecule has 1 atom stereocenters. The van der Waals surface area contributed by atoms with Crippen LogP contribution in [0, 0.1) is 5.82 Å². The first-order chi connectivity index (χ1) is 16.5. The van der Waals surface area contributed by atoms with Crippen LogP contribution in [0.1, 0.15) is 37.5 Å². The number of rotatable bonds is 8. The van der Waals surface area contributed by atoms with Crippen molar-refractivity contribution in [3.05, 3.63) is 105 Å². The molecule has 0 fully saturated rings. The van der Waals surface area contributed by atoms with E-state index in [9.17, 15) is 14.0 Å². The summed E-state index contributed by atoms with van der Waals surface area (Å²) in [5, 5.41) is 3.91. The van der Waals surface area contributed by atoms with Gasteiger partial charge in [0.05, 0.1) is 6.42 Å². The molecular weight excluding hydrogens is 486 g/mol. The Morgan fingerprint density at radius 1 is 0.943 bits per heavy atom. The van der Waals surface area contributed by atoms with Crippen LogP contribution in [0.15, 0.2) is 72.8 Å². The number of nitrogens with one attached hydrogen (secondary N) is 1. The molecule has 7 heteroatoms. The van der Waals surface area contributed by atoms with Gasteiger partial charge in [0.25, 0.3) is 0 Å². The molecule has 0 spiro atoms. The Morgan fingerprint density at radius 2 is 1.60 bits per heavy atom. The van der Waals surface area contributed by atoms with E-state index >= 15 is 0 Å². The maximum atomic E-state index is 13.7. The van der Waals surface area contributed by atoms with Crippen molar-refractivity contribution in [2.75, 3.05) is 0 Å². The van der Waals surface area contributed by atoms with Crippen LogP contribution in [-0.2, 0) is 29.0 Å². The Labute approximate surface area is 216 Å². The number of hydrogen-bond acceptors (Lipinski definition) is 2. The highest BCUT2D eigenvalue weighted by Crippen LogP contribution is 2.25. The lowest BCUT2D eigenvalue weighted by atomic mass is 10.00. The lowest BCUT2D eigenvalue weighted by Crippen LogP contribution is -2.54. The number of amides is 2. The summed E-state index contributed by atoms with van der Waals surface area (Å²) in [5.74, 6) is -0.913. The normalized spacial score (nSPS) is 12.2. The van der Waals surface area contributed by atoms with Gasteiger partial charge in [-0.1, -0.05) is 71.7 Å². The third-order valence-electron chi connectivity index (χ3n) is 5.39. The zero-order valence-electron chi connectivity index (χ0n) is 20.0. The summed E-state index contributed by atoms with van der Waals surface area (Å²) in [6.45, 7) is 5.80. The Morgan fingerprint density at radius 3 is 2.20 bits per heavy atom. The molecule has 0 radical (unpaired) electrons. The first-order valence-corrected chi connectivity index (χ1v) is 12.1. The zero-order chi connectivity index (χ0) is 25.6. The van der Waals surface area contributed by atoms with E-state index < -0.39 is 11.6 Å². The van der Waals surface area contributed by atoms with Crippen molar-refractivity contribution < 1.29 is 14.0 Å². The summed E-state index contributed by atoms with van der Waals surface area (Å²) in [4.78, 5) is 28.7. The minimum Gasteiger partial charge on any atom is -0.350 e. The van der Waals surface area contributed by atoms with Crippen molar-refractivity contribution >= 4 is 35.0 Å². The number of benzene rings is 3. The summed E-state index contributed by atoms with van der Waals surface area (Å²) in [7, 11) is 0. The van der Waals surface area contributed by atoms with Crippen molar-refractivity contribution in [3.63, 3.8) is 0 Å². The highest BCUT2D eigenvalue weighted by Gasteiger charge is 2.32. The van der Waals surface area contributed by atoms with Gasteiger partial charge in [0, 0.05) is 28.5 Å². The lowest BCUT2D eigenvalue weighted by molar-refractivity contribution is -0.141. The monoisotopic (exact) mass is 514 g/mol. The summed E-state index contributed by atoms with van der Waals surface area (Å²) in [6.07, 6.45) is 0.336. The summed E-state index contributed by atoms with van der Waals surface area (Å²) < 4.78 is 13.4. The SMILES string of the molecule is CC(C)(C)NC(=O)[C@H](Cc1ccccc1)N(Cc1ccc(Cl)cc1Cl)C(=O)Cc1ccc(F)cc1. The van der Waals surface area contributed by atoms with Crippen LogP contribution in [0.3, 0.4) is 0 Å². The van der Waals surface area contributed by atoms with Gasteiger partial charge in [-0.2, -0.15) is 0 Å². The zero-order valence-corrected chi connectivity index (χ0v) is 21.5. The van der Waals surface area contributed by atoms with Crippen molar-refractivity contribution in [1.82, 2.24) is 10.2 Å². The van der Waals surface area contributed by atoms with Crippen molar-refractivity contribution in [1.29, 1.82) is 0 Å². The van der Waals surface area contributed by atoms with Gasteiger partial charge in [-0.05, 0) is 61.7 Å². The Bertz CT molecular complexity index is 1160. The second kappa shape index (κ2) is 11.7. The molecule has 1 N–H and O–H groups in total. The van der Waals surface area contributed by atoms with Crippen LogP contribution in [0.25, 0.3) is 0 Å². The van der Waals surface area contributed by atoms with Gasteiger partial charge >= 0.3 is 0 Å². The van der Waals surface area contributed by atoms with Crippen molar-refractivity contribution in [2.45, 2.75) is 51.7 Å². The van der Waals surface area contributed by atoms with E-state index in [1.807, 2.05) is 51.1 Å². The molecule has 0 aromatic heterocycles. The maximum absolute atomic E-state index is 13.7. The number of hydrogen-bond donors (Lipinski definition) is 1. The topological polar surface area (TPSA) is 49.4 Å². The quantitative estimate of drug-likeness (QED) is 0.387. The second-order valence-electron chi connectivity index (χ2n) is 9.51. The highest BCUT2D eigenvalue weighted by atomic mass is 35.5. The molecule has 0 aliphatic heterocycles. The van der Waals surface area contributed by atoms with Crippen molar-refractivity contribution in [2.24, 2.45) is 0 Å². The fourth-order valence-electron chi connectivity index (χ4n) is 3.72. The van der Waals surface area contributed by atoms with E-state index in [0.717, 1.165) is 5.56 Å². The average molecular weight is 515 g/mol. The average Bonchev–Trinajstić information content (AvgIpc) is 2.78. The molecular formula is C28H29Cl2FN2O2. The third kappa shape index (κ3) is 8.08. The third-order valence-corrected chi connectivity index (χ3v) is 5.98. The predicted molar refractivity (Wildman–Crippen MR) is 139 cm³/mol. The molecule has 184 valence electrons.